The summed E-state index contributed by atoms with van der Waals surface area (Å²) in [4.78, 5) is 8.06. The van der Waals surface area contributed by atoms with Crippen LogP contribution in [0.4, 0.5) is 0 Å². The van der Waals surface area contributed by atoms with Gasteiger partial charge in [0.25, 0.3) is 0 Å². The molecule has 2 rings (SSSR count). The Hall–Kier alpha value is -1.44. The summed E-state index contributed by atoms with van der Waals surface area (Å²) in [6.45, 7) is 2.15. The molecule has 0 spiro atoms. The molecule has 3 atom stereocenters. The molecule has 0 saturated heterocycles. The first-order chi connectivity index (χ1) is 13.3. The highest BCUT2D eigenvalue weighted by Crippen LogP contribution is 2.31. The van der Waals surface area contributed by atoms with Crippen molar-refractivity contribution in [2.24, 2.45) is 27.4 Å². The normalized spacial score (nSPS) is 28.2. The minimum absolute atomic E-state index is 0.427. The minimum Gasteiger partial charge on any atom is -0.394 e. The van der Waals surface area contributed by atoms with Gasteiger partial charge in [-0.05, 0) is 49.8 Å². The van der Waals surface area contributed by atoms with Crippen molar-refractivity contribution in [2.75, 3.05) is 26.7 Å². The van der Waals surface area contributed by atoms with Crippen LogP contribution in [0.15, 0.2) is 21.8 Å². The summed E-state index contributed by atoms with van der Waals surface area (Å²) >= 11 is 0. The average molecular weight is 378 g/mol. The van der Waals surface area contributed by atoms with Crippen LogP contribution in [0.3, 0.4) is 0 Å². The molecule has 0 aliphatic heterocycles. The quantitative estimate of drug-likeness (QED) is 0.222. The molecule has 27 heavy (non-hydrogen) atoms. The number of rotatable bonds is 10. The highest BCUT2D eigenvalue weighted by Gasteiger charge is 2.33. The Morgan fingerprint density at radius 2 is 1.93 bits per heavy atom. The molecule has 2 aliphatic rings. The van der Waals surface area contributed by atoms with Gasteiger partial charge in [0.05, 0.1) is 12.9 Å². The zero-order chi connectivity index (χ0) is 19.3. The third-order valence-electron chi connectivity index (χ3n) is 5.85. The third-order valence-corrected chi connectivity index (χ3v) is 5.85. The fraction of sp³-hybridized carbons (Fsp3) is 0.800. The van der Waals surface area contributed by atoms with Crippen LogP contribution in [0.1, 0.15) is 51.4 Å². The molecule has 7 nitrogen and oxygen atoms in total. The largest absolute Gasteiger partial charge is 0.394 e. The second-order valence-electron chi connectivity index (χ2n) is 7.71. The van der Waals surface area contributed by atoms with Gasteiger partial charge in [0.1, 0.15) is 6.34 Å². The van der Waals surface area contributed by atoms with Gasteiger partial charge < -0.3 is 27.4 Å². The Labute approximate surface area is 164 Å². The first-order valence-electron chi connectivity index (χ1n) is 10.6. The molecule has 7 heteroatoms. The van der Waals surface area contributed by atoms with Gasteiger partial charge in [-0.25, -0.2) is 4.99 Å². The maximum Gasteiger partial charge on any atom is 0.111 e. The van der Waals surface area contributed by atoms with Gasteiger partial charge >= 0.3 is 0 Å². The number of hydrogen-bond donors (Lipinski definition) is 5. The van der Waals surface area contributed by atoms with Crippen molar-refractivity contribution in [2.45, 2.75) is 69.5 Å². The molecule has 0 aromatic carbocycles. The summed E-state index contributed by atoms with van der Waals surface area (Å²) in [7, 11) is 1.95. The Bertz CT molecular complexity index is 483. The summed E-state index contributed by atoms with van der Waals surface area (Å²) in [5.41, 5.74) is 12.6. The summed E-state index contributed by atoms with van der Waals surface area (Å²) in [6.07, 6.45) is 15.2. The molecule has 2 fully saturated rings. The lowest BCUT2D eigenvalue weighted by Gasteiger charge is -2.40. The second-order valence-corrected chi connectivity index (χ2v) is 7.71. The molecule has 7 N–H and O–H groups in total. The van der Waals surface area contributed by atoms with Gasteiger partial charge in [0, 0.05) is 38.3 Å². The van der Waals surface area contributed by atoms with Gasteiger partial charge in [-0.2, -0.15) is 0 Å². The molecule has 0 bridgehead atoms. The minimum atomic E-state index is 0.427. The van der Waals surface area contributed by atoms with Crippen LogP contribution in [-0.4, -0.2) is 57.5 Å². The molecule has 3 unspecified atom stereocenters. The lowest BCUT2D eigenvalue weighted by molar-refractivity contribution is 0.219. The van der Waals surface area contributed by atoms with Crippen molar-refractivity contribution < 1.29 is 0 Å². The van der Waals surface area contributed by atoms with Crippen LogP contribution in [0.2, 0.25) is 0 Å². The summed E-state index contributed by atoms with van der Waals surface area (Å²) in [5, 5.41) is 10.8. The van der Waals surface area contributed by atoms with E-state index >= 15 is 0 Å². The molecular formula is C20H39N7. The van der Waals surface area contributed by atoms with Gasteiger partial charge in [-0.1, -0.05) is 19.3 Å². The molecule has 2 saturated carbocycles. The van der Waals surface area contributed by atoms with E-state index in [4.69, 9.17) is 11.5 Å². The fourth-order valence-corrected chi connectivity index (χ4v) is 4.55. The van der Waals surface area contributed by atoms with E-state index in [1.165, 1.54) is 63.2 Å². The van der Waals surface area contributed by atoms with Crippen LogP contribution < -0.4 is 27.4 Å². The summed E-state index contributed by atoms with van der Waals surface area (Å²) in [5.74, 6) is 0.484. The maximum atomic E-state index is 6.04. The predicted octanol–water partition coefficient (Wildman–Crippen LogP) is 1.11. The maximum absolute atomic E-state index is 6.04. The Morgan fingerprint density at radius 3 is 2.63 bits per heavy atom. The Balaban J connectivity index is 1.92. The predicted molar refractivity (Wildman–Crippen MR) is 115 cm³/mol. The van der Waals surface area contributed by atoms with E-state index in [0.717, 1.165) is 13.0 Å². The molecular weight excluding hydrogens is 338 g/mol. The van der Waals surface area contributed by atoms with E-state index in [1.807, 2.05) is 7.05 Å². The van der Waals surface area contributed by atoms with Crippen LogP contribution >= 0.6 is 0 Å². The van der Waals surface area contributed by atoms with E-state index in [1.54, 1.807) is 0 Å². The molecule has 0 amide bonds. The van der Waals surface area contributed by atoms with Crippen molar-refractivity contribution in [3.05, 3.63) is 11.8 Å². The second kappa shape index (κ2) is 12.9. The molecule has 0 aromatic rings. The van der Waals surface area contributed by atoms with E-state index < -0.39 is 0 Å². The molecule has 2 aliphatic carbocycles. The van der Waals surface area contributed by atoms with Gasteiger partial charge in [0.2, 0.25) is 0 Å². The van der Waals surface area contributed by atoms with Crippen LogP contribution in [-0.2, 0) is 0 Å². The van der Waals surface area contributed by atoms with Crippen molar-refractivity contribution in [1.29, 1.82) is 0 Å². The number of nitrogens with zero attached hydrogens (tertiary/aromatic N) is 2. The number of nitrogens with two attached hydrogens (primary N) is 2. The highest BCUT2D eigenvalue weighted by atomic mass is 15.0. The van der Waals surface area contributed by atoms with Crippen molar-refractivity contribution >= 4 is 12.7 Å². The number of hydrogen-bond acceptors (Lipinski definition) is 5. The SMILES string of the molecule is CN/C=C(\CN)C1CCC(NC2CCCCC2)CC1NCCN=CN=CN. The lowest BCUT2D eigenvalue weighted by Crippen LogP contribution is -2.51. The smallest absolute Gasteiger partial charge is 0.111 e. The summed E-state index contributed by atoms with van der Waals surface area (Å²) < 4.78 is 0. The van der Waals surface area contributed by atoms with E-state index in [2.05, 4.69) is 32.1 Å². The van der Waals surface area contributed by atoms with Gasteiger partial charge in [0.15, 0.2) is 0 Å². The van der Waals surface area contributed by atoms with Crippen molar-refractivity contribution in [1.82, 2.24) is 16.0 Å². The third kappa shape index (κ3) is 7.60. The number of nitrogens with one attached hydrogen (secondary N) is 3. The molecule has 0 aromatic heterocycles. The topological polar surface area (TPSA) is 113 Å². The fourth-order valence-electron chi connectivity index (χ4n) is 4.55. The van der Waals surface area contributed by atoms with Crippen LogP contribution in [0.5, 0.6) is 0 Å². The van der Waals surface area contributed by atoms with Crippen LogP contribution in [0.25, 0.3) is 0 Å². The first kappa shape index (κ1) is 21.9. The monoisotopic (exact) mass is 377 g/mol. The Morgan fingerprint density at radius 1 is 1.11 bits per heavy atom. The molecule has 0 radical (unpaired) electrons. The van der Waals surface area contributed by atoms with Crippen LogP contribution in [0, 0.1) is 5.92 Å². The standard InChI is InChI=1S/C20H39N7/c1-23-13-16(12-21)19-8-7-18(27-17-5-3-2-4-6-17)11-20(19)26-10-9-24-15-25-14-22/h13-15,17-20,23,26-27H,2-12,21H2,1H3,(H2,22,24,25)/b16-13+. The van der Waals surface area contributed by atoms with E-state index in [-0.39, 0.29) is 0 Å². The van der Waals surface area contributed by atoms with Gasteiger partial charge in [-0.15, -0.1) is 0 Å². The Kier molecular flexibility index (Phi) is 10.4. The zero-order valence-electron chi connectivity index (χ0n) is 16.9. The average Bonchev–Trinajstić information content (AvgIpc) is 2.70. The van der Waals surface area contributed by atoms with Gasteiger partial charge in [-0.3, -0.25) is 4.99 Å². The summed E-state index contributed by atoms with van der Waals surface area (Å²) in [6, 6.07) is 1.73. The molecule has 154 valence electrons. The van der Waals surface area contributed by atoms with E-state index in [9.17, 15) is 0 Å². The highest BCUT2D eigenvalue weighted by molar-refractivity contribution is 5.69. The molecule has 0 heterocycles. The zero-order valence-corrected chi connectivity index (χ0v) is 16.9. The first-order valence-corrected chi connectivity index (χ1v) is 10.6. The number of aliphatic imine (C=N–C) groups is 2. The van der Waals surface area contributed by atoms with E-state index in [0.29, 0.717) is 37.1 Å². The lowest BCUT2D eigenvalue weighted by atomic mass is 9.77. The van der Waals surface area contributed by atoms with Crippen molar-refractivity contribution in [3.63, 3.8) is 0 Å². The van der Waals surface area contributed by atoms with Crippen molar-refractivity contribution in [3.8, 4) is 0 Å².